The maximum absolute atomic E-state index is 11.2. The fourth-order valence-electron chi connectivity index (χ4n) is 0.478. The van der Waals surface area contributed by atoms with Gasteiger partial charge in [0.2, 0.25) is 0 Å². The van der Waals surface area contributed by atoms with Crippen LogP contribution in [0.3, 0.4) is 0 Å². The minimum Gasteiger partial charge on any atom is -0.269 e. The van der Waals surface area contributed by atoms with E-state index in [4.69, 9.17) is 104 Å². The Morgan fingerprint density at radius 3 is 1.06 bits per heavy atom. The van der Waals surface area contributed by atoms with E-state index in [-0.39, 0.29) is 11.1 Å². The van der Waals surface area contributed by atoms with Crippen LogP contribution in [0.25, 0.3) is 0 Å². The predicted molar refractivity (Wildman–Crippen MR) is 150 cm³/mol. The summed E-state index contributed by atoms with van der Waals surface area (Å²) in [6.45, 7) is 12.8. The van der Waals surface area contributed by atoms with E-state index in [0.29, 0.717) is 12.3 Å². The van der Waals surface area contributed by atoms with Crippen LogP contribution in [-0.4, -0.2) is 36.5 Å². The second-order valence-electron chi connectivity index (χ2n) is 4.42. The summed E-state index contributed by atoms with van der Waals surface area (Å²) in [6.07, 6.45) is -6.63. The van der Waals surface area contributed by atoms with Crippen molar-refractivity contribution in [1.29, 1.82) is 0 Å². The molecule has 1 atom stereocenters. The number of hydrogen-bond donors (Lipinski definition) is 0. The Kier molecular flexibility index (Phi) is 59.8. The molecule has 0 aromatic heterocycles. The van der Waals surface area contributed by atoms with Crippen LogP contribution in [0.2, 0.25) is 0 Å². The molecule has 0 heterocycles. The maximum Gasteiger partial charge on any atom is 0.406 e. The number of rotatable bonds is 3. The highest BCUT2D eigenvalue weighted by Gasteiger charge is 2.37. The van der Waals surface area contributed by atoms with Gasteiger partial charge in [-0.3, -0.25) is 4.70 Å². The molecule has 0 saturated carbocycles. The van der Waals surface area contributed by atoms with Crippen molar-refractivity contribution in [3.63, 3.8) is 0 Å². The Morgan fingerprint density at radius 1 is 0.800 bits per heavy atom. The van der Waals surface area contributed by atoms with Gasteiger partial charge in [-0.1, -0.05) is 94.2 Å². The first-order valence-electron chi connectivity index (χ1n) is 7.95. The smallest absolute Gasteiger partial charge is 0.269 e. The van der Waals surface area contributed by atoms with E-state index >= 15 is 0 Å². The zero-order valence-electron chi connectivity index (χ0n) is 18.0. The van der Waals surface area contributed by atoms with Crippen molar-refractivity contribution in [2.75, 3.05) is 11.8 Å². The Labute approximate surface area is 262 Å². The SMILES string of the molecule is C=C.C=CC.CCCC(F)(F)F.ClC(Cl)(Cl)Cl.ClCCC(Cl)(Cl)Cl.ClCl.F.FC(F)(F)C(Cl)CCl. The summed E-state index contributed by atoms with van der Waals surface area (Å²) in [4.78, 5) is 0. The molecule has 0 aliphatic heterocycles. The zero-order chi connectivity index (χ0) is 29.8. The van der Waals surface area contributed by atoms with Gasteiger partial charge in [0, 0.05) is 46.3 Å². The summed E-state index contributed by atoms with van der Waals surface area (Å²) in [5.74, 6) is -0.207. The van der Waals surface area contributed by atoms with Gasteiger partial charge in [-0.25, -0.2) is 0 Å². The third-order valence-corrected chi connectivity index (χ3v) is 3.03. The molecule has 1 unspecified atom stereocenters. The monoisotopic (exact) mass is 770 g/mol. The van der Waals surface area contributed by atoms with Crippen molar-refractivity contribution in [2.24, 2.45) is 0 Å². The van der Waals surface area contributed by atoms with Gasteiger partial charge >= 0.3 is 12.4 Å². The second kappa shape index (κ2) is 36.5. The minimum atomic E-state index is -4.36. The average Bonchev–Trinajstić information content (AvgIpc) is 2.62. The van der Waals surface area contributed by atoms with Gasteiger partial charge < -0.3 is 0 Å². The number of allylic oxidation sites excluding steroid dienone is 1. The lowest BCUT2D eigenvalue weighted by atomic mass is 10.3. The molecule has 0 bridgehead atoms. The largest absolute Gasteiger partial charge is 0.406 e. The van der Waals surface area contributed by atoms with Crippen molar-refractivity contribution in [1.82, 2.24) is 0 Å². The van der Waals surface area contributed by atoms with Crippen molar-refractivity contribution in [3.8, 4) is 0 Å². The Morgan fingerprint density at radius 2 is 1.06 bits per heavy atom. The fourth-order valence-corrected chi connectivity index (χ4v) is 1.51. The molecular formula is C16H25Cl12F7. The normalized spacial score (nSPS) is 10.9. The highest BCUT2D eigenvalue weighted by Crippen LogP contribution is 2.30. The zero-order valence-corrected chi connectivity index (χ0v) is 27.1. The Balaban J connectivity index is -0.0000000425. The molecule has 0 spiro atoms. The molecule has 0 radical (unpaired) electrons. The standard InChI is InChI=1S/C4H7F3.C3H4Cl4.C3H3Cl2F3.C3H6.C2H4.CCl4.Cl2.FH/c1-2-3-4(5,6)7;4-2-1-3(5,6)7;4-1-2(5)3(6,7)8;1-3-2;1-2;2-1(3,4)5;1-2;/h2-3H2,1H3;1-2H2;2H,1H2;3H,1H2,2H3;1-2H2;;;1H. The third-order valence-electron chi connectivity index (χ3n) is 1.40. The Bertz CT molecular complexity index is 363. The molecule has 0 saturated heterocycles. The van der Waals surface area contributed by atoms with E-state index in [1.54, 1.807) is 6.08 Å². The van der Waals surface area contributed by atoms with Gasteiger partial charge in [0.05, 0.1) is 0 Å². The molecule has 0 nitrogen and oxygen atoms in total. The van der Waals surface area contributed by atoms with Gasteiger partial charge in [-0.2, -0.15) is 26.3 Å². The highest BCUT2D eigenvalue weighted by atomic mass is 36.5. The molecule has 222 valence electrons. The number of alkyl halides is 16. The van der Waals surface area contributed by atoms with Gasteiger partial charge in [0.1, 0.15) is 5.38 Å². The topological polar surface area (TPSA) is 0 Å². The summed E-state index contributed by atoms with van der Waals surface area (Å²) in [7, 11) is 8.22. The van der Waals surface area contributed by atoms with Crippen molar-refractivity contribution in [2.45, 2.75) is 57.9 Å². The molecule has 0 amide bonds. The van der Waals surface area contributed by atoms with E-state index in [2.05, 4.69) is 53.0 Å². The summed E-state index contributed by atoms with van der Waals surface area (Å²) < 4.78 is 64.1. The van der Waals surface area contributed by atoms with Crippen LogP contribution in [0.15, 0.2) is 25.8 Å². The summed E-state index contributed by atoms with van der Waals surface area (Å²) in [5.41, 5.74) is 0. The molecule has 19 heteroatoms. The van der Waals surface area contributed by atoms with Crippen LogP contribution in [0, 0.1) is 0 Å². The second-order valence-corrected chi connectivity index (χ2v) is 11.6. The lowest BCUT2D eigenvalue weighted by Gasteiger charge is -2.08. The Hall–Kier alpha value is 2.47. The molecule has 0 aromatic rings. The van der Waals surface area contributed by atoms with E-state index in [9.17, 15) is 26.3 Å². The number of hydrogen-bond acceptors (Lipinski definition) is 0. The van der Waals surface area contributed by atoms with Gasteiger partial charge in [-0.05, 0) is 13.3 Å². The molecule has 0 aromatic carbocycles. The van der Waals surface area contributed by atoms with E-state index in [0.717, 1.165) is 0 Å². The molecule has 0 aliphatic rings. The van der Waals surface area contributed by atoms with Crippen LogP contribution in [0.5, 0.6) is 0 Å². The van der Waals surface area contributed by atoms with Crippen LogP contribution < -0.4 is 0 Å². The predicted octanol–water partition coefficient (Wildman–Crippen LogP) is 13.8. The fraction of sp³-hybridized carbons (Fsp3) is 0.750. The quantitative estimate of drug-likeness (QED) is 0.152. The van der Waals surface area contributed by atoms with Gasteiger partial charge in [0.25, 0.3) is 3.25 Å². The van der Waals surface area contributed by atoms with Crippen molar-refractivity contribution in [3.05, 3.63) is 25.8 Å². The van der Waals surface area contributed by atoms with Crippen molar-refractivity contribution < 1.29 is 31.0 Å². The van der Waals surface area contributed by atoms with Crippen LogP contribution in [0.1, 0.15) is 33.1 Å². The number of halogens is 19. The molecule has 35 heavy (non-hydrogen) atoms. The van der Waals surface area contributed by atoms with Crippen LogP contribution >= 0.6 is 138 Å². The molecule has 0 rings (SSSR count). The first-order chi connectivity index (χ1) is 15.0. The third kappa shape index (κ3) is 127. The van der Waals surface area contributed by atoms with E-state index < -0.39 is 37.1 Å². The van der Waals surface area contributed by atoms with E-state index in [1.165, 1.54) is 6.92 Å². The molecular weight excluding hydrogens is 751 g/mol. The molecule has 0 fully saturated rings. The lowest BCUT2D eigenvalue weighted by Crippen LogP contribution is -2.24. The molecule has 0 aliphatic carbocycles. The first-order valence-corrected chi connectivity index (χ1v) is 13.2. The van der Waals surface area contributed by atoms with Crippen molar-refractivity contribution >= 4 is 138 Å². The molecule has 0 N–H and O–H groups in total. The lowest BCUT2D eigenvalue weighted by molar-refractivity contribution is -0.134. The summed E-state index contributed by atoms with van der Waals surface area (Å²) in [5, 5.41) is -1.91. The van der Waals surface area contributed by atoms with Gasteiger partial charge in [0.15, 0.2) is 3.79 Å². The first kappa shape index (κ1) is 57.4. The maximum atomic E-state index is 11.2. The highest BCUT2D eigenvalue weighted by molar-refractivity contribution is 6.85. The summed E-state index contributed by atoms with van der Waals surface area (Å²) in [6, 6.07) is 0. The van der Waals surface area contributed by atoms with Gasteiger partial charge in [-0.15, -0.1) is 54.5 Å². The summed E-state index contributed by atoms with van der Waals surface area (Å²) >= 11 is 49.8. The average molecular weight is 776 g/mol. The van der Waals surface area contributed by atoms with Crippen LogP contribution in [-0.2, 0) is 0 Å². The minimum absolute atomic E-state index is 0. The van der Waals surface area contributed by atoms with E-state index in [1.807, 2.05) is 6.92 Å². The van der Waals surface area contributed by atoms with Crippen LogP contribution in [0.4, 0.5) is 31.0 Å².